The van der Waals surface area contributed by atoms with Crippen LogP contribution < -0.4 is 4.74 Å². The number of ether oxygens (including phenoxy) is 3. The van der Waals surface area contributed by atoms with Gasteiger partial charge in [0, 0.05) is 12.3 Å². The number of hydrogen-bond acceptors (Lipinski definition) is 5. The van der Waals surface area contributed by atoms with Crippen LogP contribution in [0.5, 0.6) is 5.75 Å². The smallest absolute Gasteiger partial charge is 0.377 e. The number of aryl methyl sites for hydroxylation is 1. The van der Waals surface area contributed by atoms with Gasteiger partial charge in [-0.25, -0.2) is 9.48 Å². The predicted molar refractivity (Wildman–Crippen MR) is 84.0 cm³/mol. The third-order valence-electron chi connectivity index (χ3n) is 3.02. The predicted octanol–water partition coefficient (Wildman–Crippen LogP) is 2.20. The Morgan fingerprint density at radius 3 is 2.78 bits per heavy atom. The van der Waals surface area contributed by atoms with Gasteiger partial charge in [0.1, 0.15) is 12.0 Å². The molecule has 0 unspecified atom stereocenters. The molecule has 2 aromatic rings. The lowest BCUT2D eigenvalue weighted by Crippen LogP contribution is -2.12. The molecule has 6 heteroatoms. The van der Waals surface area contributed by atoms with Gasteiger partial charge >= 0.3 is 5.97 Å². The fraction of sp³-hybridized carbons (Fsp3) is 0.176. The highest BCUT2D eigenvalue weighted by Gasteiger charge is 2.15. The normalized spacial score (nSPS) is 10.8. The van der Waals surface area contributed by atoms with E-state index in [1.54, 1.807) is 23.1 Å². The third kappa shape index (κ3) is 3.71. The Balaban J connectivity index is 2.35. The molecule has 6 nitrogen and oxygen atoms in total. The number of terminal acetylenes is 1. The fourth-order valence-electron chi connectivity index (χ4n) is 1.82. The van der Waals surface area contributed by atoms with Crippen LogP contribution in [-0.2, 0) is 14.3 Å². The minimum absolute atomic E-state index is 0.0555. The molecule has 2 rings (SSSR count). The second-order valence-corrected chi connectivity index (χ2v) is 4.58. The molecule has 0 aliphatic rings. The number of carbonyl (C=O) groups is 1. The van der Waals surface area contributed by atoms with E-state index in [4.69, 9.17) is 15.9 Å². The van der Waals surface area contributed by atoms with Crippen LogP contribution in [0.2, 0.25) is 0 Å². The van der Waals surface area contributed by atoms with Gasteiger partial charge in [0.05, 0.1) is 31.7 Å². The first kappa shape index (κ1) is 16.2. The number of esters is 1. The van der Waals surface area contributed by atoms with Crippen LogP contribution in [0.25, 0.3) is 5.69 Å². The summed E-state index contributed by atoms with van der Waals surface area (Å²) in [5.41, 5.74) is 2.25. The lowest BCUT2D eigenvalue weighted by Gasteiger charge is -2.12. The highest BCUT2D eigenvalue weighted by atomic mass is 16.6. The summed E-state index contributed by atoms with van der Waals surface area (Å²) in [6.07, 6.45) is 9.84. The number of nitrogens with zero attached hydrogens (tertiary/aromatic N) is 2. The van der Waals surface area contributed by atoms with Gasteiger partial charge in [-0.15, -0.1) is 6.42 Å². The largest absolute Gasteiger partial charge is 0.500 e. The molecule has 0 spiro atoms. The van der Waals surface area contributed by atoms with Crippen molar-refractivity contribution >= 4 is 5.97 Å². The summed E-state index contributed by atoms with van der Waals surface area (Å²) in [5.74, 6) is 2.30. The second-order valence-electron chi connectivity index (χ2n) is 4.58. The first-order valence-corrected chi connectivity index (χ1v) is 6.70. The van der Waals surface area contributed by atoms with E-state index in [9.17, 15) is 4.79 Å². The summed E-state index contributed by atoms with van der Waals surface area (Å²) >= 11 is 0. The Labute approximate surface area is 134 Å². The Morgan fingerprint density at radius 2 is 2.17 bits per heavy atom. The molecular formula is C17H16N2O4. The summed E-state index contributed by atoms with van der Waals surface area (Å²) in [6, 6.07) is 5.46. The van der Waals surface area contributed by atoms with E-state index in [2.05, 4.69) is 15.8 Å². The van der Waals surface area contributed by atoms with E-state index in [0.29, 0.717) is 11.3 Å². The van der Waals surface area contributed by atoms with Gasteiger partial charge in [0.2, 0.25) is 5.76 Å². The molecule has 0 saturated carbocycles. The molecule has 0 radical (unpaired) electrons. The Kier molecular flexibility index (Phi) is 5.05. The maximum absolute atomic E-state index is 11.7. The lowest BCUT2D eigenvalue weighted by atomic mass is 10.2. The average Bonchev–Trinajstić information content (AvgIpc) is 3.04. The Morgan fingerprint density at radius 1 is 1.39 bits per heavy atom. The molecule has 1 aromatic heterocycles. The van der Waals surface area contributed by atoms with Gasteiger partial charge in [-0.05, 0) is 18.6 Å². The van der Waals surface area contributed by atoms with Crippen LogP contribution in [0, 0.1) is 19.3 Å². The van der Waals surface area contributed by atoms with Gasteiger partial charge in [-0.3, -0.25) is 0 Å². The van der Waals surface area contributed by atoms with Gasteiger partial charge in [-0.2, -0.15) is 5.10 Å². The van der Waals surface area contributed by atoms with Gasteiger partial charge in [0.15, 0.2) is 0 Å². The molecule has 0 N–H and O–H groups in total. The summed E-state index contributed by atoms with van der Waals surface area (Å²) in [7, 11) is 2.68. The monoisotopic (exact) mass is 312 g/mol. The van der Waals surface area contributed by atoms with E-state index < -0.39 is 5.97 Å². The van der Waals surface area contributed by atoms with Crippen molar-refractivity contribution in [3.8, 4) is 23.8 Å². The van der Waals surface area contributed by atoms with Gasteiger partial charge < -0.3 is 14.2 Å². The van der Waals surface area contributed by atoms with Crippen LogP contribution in [0.4, 0.5) is 0 Å². The van der Waals surface area contributed by atoms with Crippen LogP contribution in [0.3, 0.4) is 0 Å². The molecule has 0 fully saturated rings. The Hall–Kier alpha value is -3.20. The van der Waals surface area contributed by atoms with E-state index in [1.807, 2.05) is 19.1 Å². The van der Waals surface area contributed by atoms with E-state index in [-0.39, 0.29) is 5.76 Å². The first-order valence-electron chi connectivity index (χ1n) is 6.70. The fourth-order valence-corrected chi connectivity index (χ4v) is 1.82. The number of benzene rings is 1. The zero-order valence-electron chi connectivity index (χ0n) is 13.1. The van der Waals surface area contributed by atoms with Crippen LogP contribution in [0.1, 0.15) is 11.1 Å². The third-order valence-corrected chi connectivity index (χ3v) is 3.02. The number of carbonyl (C=O) groups excluding carboxylic acids is 1. The molecule has 0 amide bonds. The van der Waals surface area contributed by atoms with Crippen molar-refractivity contribution in [1.82, 2.24) is 9.78 Å². The molecular weight excluding hydrogens is 296 g/mol. The van der Waals surface area contributed by atoms with Crippen LogP contribution in [-0.4, -0.2) is 30.0 Å². The molecule has 0 aliphatic heterocycles. The van der Waals surface area contributed by atoms with E-state index >= 15 is 0 Å². The van der Waals surface area contributed by atoms with Crippen molar-refractivity contribution in [3.05, 3.63) is 53.7 Å². The van der Waals surface area contributed by atoms with Crippen molar-refractivity contribution in [3.63, 3.8) is 0 Å². The average molecular weight is 312 g/mol. The maximum Gasteiger partial charge on any atom is 0.377 e. The van der Waals surface area contributed by atoms with Crippen LogP contribution >= 0.6 is 0 Å². The molecule has 118 valence electrons. The summed E-state index contributed by atoms with van der Waals surface area (Å²) in [4.78, 5) is 11.7. The van der Waals surface area contributed by atoms with Crippen molar-refractivity contribution in [2.75, 3.05) is 14.2 Å². The SMILES string of the molecule is C#Cc1cnn(-c2ccc(C)c(O/C(=C\OC)C(=O)OC)c2)c1. The molecule has 0 bridgehead atoms. The zero-order valence-corrected chi connectivity index (χ0v) is 13.1. The van der Waals surface area contributed by atoms with Crippen molar-refractivity contribution in [2.45, 2.75) is 6.92 Å². The van der Waals surface area contributed by atoms with Crippen LogP contribution in [0.15, 0.2) is 42.6 Å². The number of aromatic nitrogens is 2. The standard InChI is InChI=1S/C17H16N2O4/c1-5-13-9-18-19(10-13)14-7-6-12(2)15(8-14)23-16(11-21-3)17(20)22-4/h1,6-11H,2-4H3/b16-11-. The van der Waals surface area contributed by atoms with E-state index in [1.165, 1.54) is 20.5 Å². The number of methoxy groups -OCH3 is 2. The van der Waals surface area contributed by atoms with Crippen molar-refractivity contribution in [2.24, 2.45) is 0 Å². The van der Waals surface area contributed by atoms with Gasteiger partial charge in [-0.1, -0.05) is 12.0 Å². The number of hydrogen-bond donors (Lipinski definition) is 0. The minimum atomic E-state index is -0.634. The van der Waals surface area contributed by atoms with Crippen molar-refractivity contribution < 1.29 is 19.0 Å². The highest BCUT2D eigenvalue weighted by Crippen LogP contribution is 2.24. The zero-order chi connectivity index (χ0) is 16.8. The molecule has 0 aliphatic carbocycles. The highest BCUT2D eigenvalue weighted by molar-refractivity contribution is 5.86. The molecule has 1 aromatic carbocycles. The van der Waals surface area contributed by atoms with Crippen molar-refractivity contribution in [1.29, 1.82) is 0 Å². The van der Waals surface area contributed by atoms with Gasteiger partial charge in [0.25, 0.3) is 0 Å². The molecule has 0 saturated heterocycles. The summed E-state index contributed by atoms with van der Waals surface area (Å²) in [5, 5.41) is 4.18. The topological polar surface area (TPSA) is 62.6 Å². The molecule has 1 heterocycles. The number of rotatable bonds is 5. The molecule has 23 heavy (non-hydrogen) atoms. The summed E-state index contributed by atoms with van der Waals surface area (Å²) in [6.45, 7) is 1.86. The quantitative estimate of drug-likeness (QED) is 0.366. The van der Waals surface area contributed by atoms with E-state index in [0.717, 1.165) is 11.3 Å². The maximum atomic E-state index is 11.7. The first-order chi connectivity index (χ1) is 11.1. The Bertz CT molecular complexity index is 784. The minimum Gasteiger partial charge on any atom is -0.500 e. The summed E-state index contributed by atoms with van der Waals surface area (Å²) < 4.78 is 16.7. The lowest BCUT2D eigenvalue weighted by molar-refractivity contribution is -0.138. The molecule has 0 atom stereocenters. The second kappa shape index (κ2) is 7.18.